The summed E-state index contributed by atoms with van der Waals surface area (Å²) >= 11 is 0. The summed E-state index contributed by atoms with van der Waals surface area (Å²) in [6.45, 7) is 10.9. The number of carbonyl (C=O) groups excluding carboxylic acids is 1. The number of amides is 1. The van der Waals surface area contributed by atoms with Crippen LogP contribution in [0.2, 0.25) is 0 Å². The number of nitrogens with zero attached hydrogens (tertiary/aromatic N) is 1. The van der Waals surface area contributed by atoms with Gasteiger partial charge in [0.05, 0.1) is 19.8 Å². The second kappa shape index (κ2) is 15.4. The first-order chi connectivity index (χ1) is 11.9. The predicted octanol–water partition coefficient (Wildman–Crippen LogP) is 5.03. The van der Waals surface area contributed by atoms with E-state index in [-0.39, 0.29) is 6.09 Å². The van der Waals surface area contributed by atoms with Crippen molar-refractivity contribution in [1.82, 2.24) is 4.90 Å². The van der Waals surface area contributed by atoms with Crippen LogP contribution in [-0.4, -0.2) is 56.6 Å². The largest absolute Gasteiger partial charge is 0.444 e. The Morgan fingerprint density at radius 1 is 0.800 bits per heavy atom. The fraction of sp³-hybridized carbons (Fsp3) is 0.950. The maximum Gasteiger partial charge on any atom is 0.410 e. The first-order valence-corrected chi connectivity index (χ1v) is 9.96. The highest BCUT2D eigenvalue weighted by atomic mass is 16.6. The number of hydrogen-bond donors (Lipinski definition) is 0. The third kappa shape index (κ3) is 17.8. The summed E-state index contributed by atoms with van der Waals surface area (Å²) in [4.78, 5) is 13.3. The quantitative estimate of drug-likeness (QED) is 0.385. The molecular formula is C20H41NO4. The molecule has 0 atom stereocenters. The monoisotopic (exact) mass is 359 g/mol. The fourth-order valence-electron chi connectivity index (χ4n) is 2.29. The van der Waals surface area contributed by atoms with E-state index in [9.17, 15) is 4.79 Å². The molecule has 0 bridgehead atoms. The van der Waals surface area contributed by atoms with Gasteiger partial charge in [0, 0.05) is 20.2 Å². The molecule has 0 unspecified atom stereocenters. The highest BCUT2D eigenvalue weighted by molar-refractivity contribution is 5.67. The summed E-state index contributed by atoms with van der Waals surface area (Å²) in [5, 5.41) is 0. The summed E-state index contributed by atoms with van der Waals surface area (Å²) in [5.74, 6) is 0. The van der Waals surface area contributed by atoms with E-state index in [4.69, 9.17) is 14.2 Å². The van der Waals surface area contributed by atoms with E-state index < -0.39 is 5.60 Å². The minimum atomic E-state index is -0.463. The molecule has 150 valence electrons. The van der Waals surface area contributed by atoms with Crippen LogP contribution < -0.4 is 0 Å². The van der Waals surface area contributed by atoms with Gasteiger partial charge in [-0.1, -0.05) is 51.9 Å². The lowest BCUT2D eigenvalue weighted by Crippen LogP contribution is -2.36. The van der Waals surface area contributed by atoms with Crippen molar-refractivity contribution in [2.24, 2.45) is 0 Å². The van der Waals surface area contributed by atoms with Crippen LogP contribution in [-0.2, 0) is 14.2 Å². The molecule has 0 saturated carbocycles. The molecule has 5 nitrogen and oxygen atoms in total. The van der Waals surface area contributed by atoms with Crippen LogP contribution in [0.25, 0.3) is 0 Å². The van der Waals surface area contributed by atoms with E-state index in [1.165, 1.54) is 49.8 Å². The zero-order valence-electron chi connectivity index (χ0n) is 17.3. The smallest absolute Gasteiger partial charge is 0.410 e. The van der Waals surface area contributed by atoms with Gasteiger partial charge in [0.1, 0.15) is 5.60 Å². The van der Waals surface area contributed by atoms with Gasteiger partial charge < -0.3 is 19.1 Å². The molecular weight excluding hydrogens is 318 g/mol. The number of carbonyl (C=O) groups is 1. The normalized spacial score (nSPS) is 11.6. The molecule has 0 saturated heterocycles. The van der Waals surface area contributed by atoms with Gasteiger partial charge in [-0.05, 0) is 27.2 Å². The molecule has 0 aliphatic carbocycles. The van der Waals surface area contributed by atoms with Crippen LogP contribution in [0.3, 0.4) is 0 Å². The predicted molar refractivity (Wildman–Crippen MR) is 103 cm³/mol. The van der Waals surface area contributed by atoms with E-state index in [1.54, 1.807) is 7.05 Å². The van der Waals surface area contributed by atoms with Crippen molar-refractivity contribution in [2.45, 2.75) is 84.7 Å². The summed E-state index contributed by atoms with van der Waals surface area (Å²) in [6, 6.07) is 0. The highest BCUT2D eigenvalue weighted by Gasteiger charge is 2.19. The number of rotatable bonds is 15. The van der Waals surface area contributed by atoms with Crippen molar-refractivity contribution < 1.29 is 19.0 Å². The van der Waals surface area contributed by atoms with Crippen molar-refractivity contribution in [3.63, 3.8) is 0 Å². The lowest BCUT2D eigenvalue weighted by Gasteiger charge is -2.24. The van der Waals surface area contributed by atoms with Gasteiger partial charge in [-0.3, -0.25) is 0 Å². The molecule has 0 radical (unpaired) electrons. The Labute approximate surface area is 155 Å². The Bertz CT molecular complexity index is 315. The van der Waals surface area contributed by atoms with Gasteiger partial charge in [-0.15, -0.1) is 0 Å². The molecule has 0 heterocycles. The minimum absolute atomic E-state index is 0.318. The lowest BCUT2D eigenvalue weighted by molar-refractivity contribution is 0.0157. The molecule has 0 aromatic carbocycles. The Morgan fingerprint density at radius 2 is 1.32 bits per heavy atom. The molecule has 0 aromatic heterocycles. The molecule has 0 aliphatic heterocycles. The number of hydrogen-bond acceptors (Lipinski definition) is 4. The summed E-state index contributed by atoms with van der Waals surface area (Å²) in [6.07, 6.45) is 10.2. The first kappa shape index (κ1) is 24.2. The third-order valence-corrected chi connectivity index (χ3v) is 3.79. The Hall–Kier alpha value is -0.810. The van der Waals surface area contributed by atoms with Crippen LogP contribution in [0.15, 0.2) is 0 Å². The number of ether oxygens (including phenoxy) is 3. The van der Waals surface area contributed by atoms with Crippen LogP contribution in [0, 0.1) is 0 Å². The zero-order chi connectivity index (χ0) is 19.0. The molecule has 5 heteroatoms. The van der Waals surface area contributed by atoms with Crippen molar-refractivity contribution in [2.75, 3.05) is 40.0 Å². The Balaban J connectivity index is 3.29. The lowest BCUT2D eigenvalue weighted by atomic mass is 10.1. The molecule has 0 spiro atoms. The third-order valence-electron chi connectivity index (χ3n) is 3.79. The fourth-order valence-corrected chi connectivity index (χ4v) is 2.29. The average Bonchev–Trinajstić information content (AvgIpc) is 2.53. The van der Waals surface area contributed by atoms with Gasteiger partial charge in [-0.25, -0.2) is 4.79 Å². The van der Waals surface area contributed by atoms with Crippen LogP contribution in [0.1, 0.15) is 79.1 Å². The number of likely N-dealkylation sites (N-methyl/N-ethyl adjacent to an activating group) is 1. The molecule has 1 amide bonds. The number of unbranched alkanes of at least 4 members (excludes halogenated alkanes) is 7. The van der Waals surface area contributed by atoms with Crippen LogP contribution in [0.4, 0.5) is 4.79 Å². The van der Waals surface area contributed by atoms with E-state index in [1.807, 2.05) is 20.8 Å². The average molecular weight is 360 g/mol. The van der Waals surface area contributed by atoms with Gasteiger partial charge >= 0.3 is 6.09 Å². The van der Waals surface area contributed by atoms with Crippen molar-refractivity contribution in [1.29, 1.82) is 0 Å². The summed E-state index contributed by atoms with van der Waals surface area (Å²) < 4.78 is 16.3. The SMILES string of the molecule is CCCCCCCCCCOCCOCCN(C)C(=O)OC(C)(C)C. The summed E-state index contributed by atoms with van der Waals surface area (Å²) in [5.41, 5.74) is -0.463. The van der Waals surface area contributed by atoms with Gasteiger partial charge in [0.25, 0.3) is 0 Å². The Kier molecular flexibility index (Phi) is 14.9. The van der Waals surface area contributed by atoms with Crippen LogP contribution >= 0.6 is 0 Å². The molecule has 0 rings (SSSR count). The zero-order valence-corrected chi connectivity index (χ0v) is 17.3. The highest BCUT2D eigenvalue weighted by Crippen LogP contribution is 2.09. The van der Waals surface area contributed by atoms with Crippen molar-refractivity contribution >= 4 is 6.09 Å². The Morgan fingerprint density at radius 3 is 1.88 bits per heavy atom. The van der Waals surface area contributed by atoms with E-state index in [0.29, 0.717) is 26.4 Å². The topological polar surface area (TPSA) is 48.0 Å². The van der Waals surface area contributed by atoms with Crippen molar-refractivity contribution in [3.05, 3.63) is 0 Å². The van der Waals surface area contributed by atoms with Gasteiger partial charge in [0.2, 0.25) is 0 Å². The van der Waals surface area contributed by atoms with E-state index in [2.05, 4.69) is 6.92 Å². The van der Waals surface area contributed by atoms with Crippen LogP contribution in [0.5, 0.6) is 0 Å². The van der Waals surface area contributed by atoms with E-state index in [0.717, 1.165) is 13.0 Å². The molecule has 25 heavy (non-hydrogen) atoms. The minimum Gasteiger partial charge on any atom is -0.444 e. The van der Waals surface area contributed by atoms with Gasteiger partial charge in [0.15, 0.2) is 0 Å². The molecule has 0 aromatic rings. The maximum absolute atomic E-state index is 11.7. The molecule has 0 N–H and O–H groups in total. The first-order valence-electron chi connectivity index (χ1n) is 9.96. The van der Waals surface area contributed by atoms with Crippen molar-refractivity contribution in [3.8, 4) is 0 Å². The second-order valence-corrected chi connectivity index (χ2v) is 7.60. The molecule has 0 fully saturated rings. The summed E-state index contributed by atoms with van der Waals surface area (Å²) in [7, 11) is 1.72. The maximum atomic E-state index is 11.7. The van der Waals surface area contributed by atoms with Gasteiger partial charge in [-0.2, -0.15) is 0 Å². The van der Waals surface area contributed by atoms with E-state index >= 15 is 0 Å². The second-order valence-electron chi connectivity index (χ2n) is 7.60. The molecule has 0 aliphatic rings. The standard InChI is InChI=1S/C20H41NO4/c1-6-7-8-9-10-11-12-13-15-23-17-18-24-16-14-21(5)19(22)25-20(2,3)4/h6-18H2,1-5H3.